The molecule has 1 aliphatic rings. The quantitative estimate of drug-likeness (QED) is 0.402. The molecule has 0 amide bonds. The van der Waals surface area contributed by atoms with Crippen LogP contribution in [-0.2, 0) is 0 Å². The summed E-state index contributed by atoms with van der Waals surface area (Å²) in [4.78, 5) is 18.5. The fourth-order valence-electron chi connectivity index (χ4n) is 4.38. The van der Waals surface area contributed by atoms with Crippen LogP contribution in [0.4, 0.5) is 5.95 Å². The predicted molar refractivity (Wildman–Crippen MR) is 125 cm³/mol. The number of imidazole rings is 1. The van der Waals surface area contributed by atoms with E-state index >= 15 is 0 Å². The van der Waals surface area contributed by atoms with Crippen LogP contribution in [0.3, 0.4) is 0 Å². The van der Waals surface area contributed by atoms with Gasteiger partial charge in [-0.05, 0) is 36.1 Å². The molecule has 3 aromatic carbocycles. The molecule has 5 rings (SSSR count). The molecular weight excluding hydrogens is 382 g/mol. The van der Waals surface area contributed by atoms with Gasteiger partial charge in [-0.15, -0.1) is 0 Å². The van der Waals surface area contributed by atoms with E-state index in [0.717, 1.165) is 33.8 Å². The first-order valence-corrected chi connectivity index (χ1v) is 10.7. The number of Topliss-reactive ketones (excluding diaryl/α,β-unsaturated/α-hetero) is 1. The normalized spacial score (nSPS) is 15.8. The molecule has 1 aromatic heterocycles. The van der Waals surface area contributed by atoms with Crippen LogP contribution in [0.5, 0.6) is 0 Å². The molecule has 0 radical (unpaired) electrons. The zero-order chi connectivity index (χ0) is 21.5. The molecule has 154 valence electrons. The number of nitrogens with one attached hydrogen (secondary N) is 1. The standard InChI is InChI=1S/C27H25N3O/c1-17(2)19-13-15-20(16-14-19)25-24(26(31)21-9-5-4-6-10-21)18(3)28-27-29-22-11-7-8-12-23(22)30(25)27/h4-17,25H,1-3H3,(H,28,29). The minimum Gasteiger partial charge on any atom is -0.329 e. The Hall–Kier alpha value is -3.66. The molecule has 1 aliphatic heterocycles. The Balaban J connectivity index is 1.73. The molecule has 0 bridgehead atoms. The van der Waals surface area contributed by atoms with Crippen molar-refractivity contribution in [2.75, 3.05) is 5.32 Å². The van der Waals surface area contributed by atoms with Gasteiger partial charge in [-0.3, -0.25) is 9.36 Å². The summed E-state index contributed by atoms with van der Waals surface area (Å²) in [5.41, 5.74) is 6.56. The number of ketones is 1. The van der Waals surface area contributed by atoms with Gasteiger partial charge in [-0.25, -0.2) is 4.98 Å². The average molecular weight is 408 g/mol. The minimum atomic E-state index is -0.252. The summed E-state index contributed by atoms with van der Waals surface area (Å²) >= 11 is 0. The molecule has 4 nitrogen and oxygen atoms in total. The largest absolute Gasteiger partial charge is 0.329 e. The lowest BCUT2D eigenvalue weighted by atomic mass is 9.88. The summed E-state index contributed by atoms with van der Waals surface area (Å²) in [5.74, 6) is 1.25. The average Bonchev–Trinajstić information content (AvgIpc) is 3.16. The molecule has 0 saturated carbocycles. The summed E-state index contributed by atoms with van der Waals surface area (Å²) in [7, 11) is 0. The van der Waals surface area contributed by atoms with E-state index in [1.807, 2.05) is 55.5 Å². The van der Waals surface area contributed by atoms with Gasteiger partial charge in [-0.2, -0.15) is 0 Å². The number of benzene rings is 3. The van der Waals surface area contributed by atoms with Crippen LogP contribution < -0.4 is 5.32 Å². The summed E-state index contributed by atoms with van der Waals surface area (Å²) < 4.78 is 2.16. The van der Waals surface area contributed by atoms with Crippen LogP contribution in [-0.4, -0.2) is 15.3 Å². The van der Waals surface area contributed by atoms with Gasteiger partial charge >= 0.3 is 0 Å². The van der Waals surface area contributed by atoms with Crippen molar-refractivity contribution in [1.29, 1.82) is 0 Å². The number of rotatable bonds is 4. The van der Waals surface area contributed by atoms with E-state index < -0.39 is 0 Å². The molecule has 0 aliphatic carbocycles. The van der Waals surface area contributed by atoms with Gasteiger partial charge in [0.05, 0.1) is 17.1 Å². The fourth-order valence-corrected chi connectivity index (χ4v) is 4.38. The van der Waals surface area contributed by atoms with E-state index in [0.29, 0.717) is 11.5 Å². The molecule has 2 heterocycles. The van der Waals surface area contributed by atoms with E-state index in [-0.39, 0.29) is 11.8 Å². The van der Waals surface area contributed by atoms with Gasteiger partial charge in [0.2, 0.25) is 5.95 Å². The van der Waals surface area contributed by atoms with Gasteiger partial charge < -0.3 is 5.32 Å². The lowest BCUT2D eigenvalue weighted by molar-refractivity contribution is 0.102. The van der Waals surface area contributed by atoms with Crippen molar-refractivity contribution < 1.29 is 4.79 Å². The lowest BCUT2D eigenvalue weighted by Gasteiger charge is -2.31. The second kappa shape index (κ2) is 7.55. The predicted octanol–water partition coefficient (Wildman–Crippen LogP) is 6.33. The number of carbonyl (C=O) groups is 1. The molecule has 1 atom stereocenters. The van der Waals surface area contributed by atoms with Crippen LogP contribution in [0, 0.1) is 0 Å². The van der Waals surface area contributed by atoms with Gasteiger partial charge in [-0.1, -0.05) is 80.6 Å². The summed E-state index contributed by atoms with van der Waals surface area (Å²) in [6.45, 7) is 6.35. The number of fused-ring (bicyclic) bond motifs is 3. The van der Waals surface area contributed by atoms with Gasteiger partial charge in [0.25, 0.3) is 0 Å². The lowest BCUT2D eigenvalue weighted by Crippen LogP contribution is -2.28. The Bertz CT molecular complexity index is 1300. The molecule has 31 heavy (non-hydrogen) atoms. The number of carbonyl (C=O) groups excluding carboxylic acids is 1. The number of hydrogen-bond donors (Lipinski definition) is 1. The third-order valence-corrected chi connectivity index (χ3v) is 6.03. The van der Waals surface area contributed by atoms with Crippen LogP contribution in [0.2, 0.25) is 0 Å². The summed E-state index contributed by atoms with van der Waals surface area (Å²) in [5, 5.41) is 3.39. The highest BCUT2D eigenvalue weighted by molar-refractivity contribution is 6.11. The van der Waals surface area contributed by atoms with Crippen LogP contribution in [0.15, 0.2) is 90.1 Å². The SMILES string of the molecule is CC1=C(C(=O)c2ccccc2)C(c2ccc(C(C)C)cc2)n2c(nc3ccccc32)N1. The van der Waals surface area contributed by atoms with Crippen molar-refractivity contribution in [1.82, 2.24) is 9.55 Å². The maximum absolute atomic E-state index is 13.7. The van der Waals surface area contributed by atoms with Crippen LogP contribution in [0.25, 0.3) is 11.0 Å². The molecule has 4 heteroatoms. The third kappa shape index (κ3) is 3.25. The van der Waals surface area contributed by atoms with E-state index in [1.165, 1.54) is 5.56 Å². The topological polar surface area (TPSA) is 46.9 Å². The number of hydrogen-bond acceptors (Lipinski definition) is 3. The van der Waals surface area contributed by atoms with E-state index in [2.05, 4.69) is 54.1 Å². The molecular formula is C27H25N3O. The smallest absolute Gasteiger partial charge is 0.209 e. The molecule has 4 aromatic rings. The molecule has 0 fully saturated rings. The molecule has 1 N–H and O–H groups in total. The highest BCUT2D eigenvalue weighted by Crippen LogP contribution is 2.40. The monoisotopic (exact) mass is 407 g/mol. The van der Waals surface area contributed by atoms with Crippen molar-refractivity contribution in [2.45, 2.75) is 32.7 Å². The Labute approximate surface area is 182 Å². The van der Waals surface area contributed by atoms with Crippen molar-refractivity contribution in [3.05, 3.63) is 107 Å². The van der Waals surface area contributed by atoms with Crippen molar-refractivity contribution in [3.8, 4) is 0 Å². The number of anilines is 1. The molecule has 0 saturated heterocycles. The zero-order valence-corrected chi connectivity index (χ0v) is 18.0. The maximum atomic E-state index is 13.7. The van der Waals surface area contributed by atoms with Crippen molar-refractivity contribution in [3.63, 3.8) is 0 Å². The summed E-state index contributed by atoms with van der Waals surface area (Å²) in [6.07, 6.45) is 0. The van der Waals surface area contributed by atoms with Gasteiger partial charge in [0, 0.05) is 16.8 Å². The number of aromatic nitrogens is 2. The first kappa shape index (κ1) is 19.3. The van der Waals surface area contributed by atoms with E-state index in [1.54, 1.807) is 0 Å². The Kier molecular flexibility index (Phi) is 4.70. The Morgan fingerprint density at radius 2 is 1.61 bits per heavy atom. The highest BCUT2D eigenvalue weighted by Gasteiger charge is 2.34. The number of nitrogens with zero attached hydrogens (tertiary/aromatic N) is 2. The number of allylic oxidation sites excluding steroid dienone is 2. The highest BCUT2D eigenvalue weighted by atomic mass is 16.1. The van der Waals surface area contributed by atoms with Crippen LogP contribution in [0.1, 0.15) is 54.2 Å². The molecule has 0 spiro atoms. The van der Waals surface area contributed by atoms with E-state index in [4.69, 9.17) is 4.98 Å². The van der Waals surface area contributed by atoms with E-state index in [9.17, 15) is 4.79 Å². The first-order valence-electron chi connectivity index (χ1n) is 10.7. The Morgan fingerprint density at radius 3 is 2.32 bits per heavy atom. The maximum Gasteiger partial charge on any atom is 0.209 e. The van der Waals surface area contributed by atoms with Gasteiger partial charge in [0.1, 0.15) is 0 Å². The second-order valence-electron chi connectivity index (χ2n) is 8.38. The minimum absolute atomic E-state index is 0.0342. The van der Waals surface area contributed by atoms with Crippen LogP contribution >= 0.6 is 0 Å². The third-order valence-electron chi connectivity index (χ3n) is 6.03. The van der Waals surface area contributed by atoms with Crippen molar-refractivity contribution in [2.24, 2.45) is 0 Å². The summed E-state index contributed by atoms with van der Waals surface area (Å²) in [6, 6.07) is 26.0. The zero-order valence-electron chi connectivity index (χ0n) is 18.0. The van der Waals surface area contributed by atoms with Gasteiger partial charge in [0.15, 0.2) is 5.78 Å². The first-order chi connectivity index (χ1) is 15.0. The fraction of sp³-hybridized carbons (Fsp3) is 0.185. The van der Waals surface area contributed by atoms with Crippen molar-refractivity contribution >= 4 is 22.8 Å². The number of para-hydroxylation sites is 2. The molecule has 1 unspecified atom stereocenters. The Morgan fingerprint density at radius 1 is 0.935 bits per heavy atom. The second-order valence-corrected chi connectivity index (χ2v) is 8.38.